The number of amides is 1. The van der Waals surface area contributed by atoms with Crippen LogP contribution in [0.15, 0.2) is 12.1 Å². The van der Waals surface area contributed by atoms with Crippen molar-refractivity contribution in [1.29, 1.82) is 0 Å². The van der Waals surface area contributed by atoms with E-state index in [1.807, 2.05) is 0 Å². The molecule has 1 amide bonds. The summed E-state index contributed by atoms with van der Waals surface area (Å²) >= 11 is 0. The van der Waals surface area contributed by atoms with Crippen LogP contribution in [0.5, 0.6) is 0 Å². The molecule has 0 spiro atoms. The van der Waals surface area contributed by atoms with Gasteiger partial charge in [0.05, 0.1) is 12.0 Å². The van der Waals surface area contributed by atoms with Gasteiger partial charge in [-0.15, -0.1) is 0 Å². The van der Waals surface area contributed by atoms with Crippen LogP contribution in [0.25, 0.3) is 11.2 Å². The van der Waals surface area contributed by atoms with E-state index in [2.05, 4.69) is 15.3 Å². The van der Waals surface area contributed by atoms with Crippen LogP contribution in [-0.4, -0.2) is 37.3 Å². The highest BCUT2D eigenvalue weighted by Gasteiger charge is 2.51. The molecule has 0 unspecified atom stereocenters. The fourth-order valence-corrected chi connectivity index (χ4v) is 3.08. The number of carbonyl (C=O) groups excluding carboxylic acids is 1. The van der Waals surface area contributed by atoms with Crippen LogP contribution in [0.3, 0.4) is 0 Å². The Hall–Kier alpha value is -2.37. The van der Waals surface area contributed by atoms with Crippen molar-refractivity contribution in [3.05, 3.63) is 17.8 Å². The van der Waals surface area contributed by atoms with E-state index in [1.54, 1.807) is 0 Å². The van der Waals surface area contributed by atoms with Crippen LogP contribution >= 0.6 is 0 Å². The van der Waals surface area contributed by atoms with Crippen LogP contribution in [0.1, 0.15) is 45.2 Å². The number of pyridine rings is 1. The van der Waals surface area contributed by atoms with E-state index in [4.69, 9.17) is 0 Å². The third kappa shape index (κ3) is 3.89. The van der Waals surface area contributed by atoms with Crippen LogP contribution in [0, 0.1) is 0 Å². The summed E-state index contributed by atoms with van der Waals surface area (Å²) in [6, 6.07) is 1.49. The van der Waals surface area contributed by atoms with Crippen molar-refractivity contribution in [3.63, 3.8) is 0 Å². The zero-order valence-corrected chi connectivity index (χ0v) is 15.4. The van der Waals surface area contributed by atoms with Crippen LogP contribution in [0.2, 0.25) is 0 Å². The second kappa shape index (κ2) is 6.57. The predicted octanol–water partition coefficient (Wildman–Crippen LogP) is 3.99. The summed E-state index contributed by atoms with van der Waals surface area (Å²) in [4.78, 5) is 19.4. The second-order valence-corrected chi connectivity index (χ2v) is 7.67. The average Bonchev–Trinajstić information content (AvgIpc) is 2.88. The Morgan fingerprint density at radius 1 is 1.17 bits per heavy atom. The lowest BCUT2D eigenvalue weighted by Gasteiger charge is -2.36. The van der Waals surface area contributed by atoms with Gasteiger partial charge in [0.1, 0.15) is 16.7 Å². The number of nitrogens with one attached hydrogen (secondary N) is 1. The van der Waals surface area contributed by atoms with E-state index in [0.29, 0.717) is 29.9 Å². The summed E-state index contributed by atoms with van der Waals surface area (Å²) in [7, 11) is 0. The molecule has 0 bridgehead atoms. The van der Waals surface area contributed by atoms with Gasteiger partial charge >= 0.3 is 12.4 Å². The van der Waals surface area contributed by atoms with Gasteiger partial charge in [-0.3, -0.25) is 14.7 Å². The smallest absolute Gasteiger partial charge is 0.389 e. The molecule has 0 aromatic carbocycles. The minimum Gasteiger partial charge on any atom is -0.389 e. The van der Waals surface area contributed by atoms with Crippen molar-refractivity contribution in [3.8, 4) is 0 Å². The number of aliphatic hydroxyl groups is 1. The minimum atomic E-state index is -4.89. The molecule has 0 radical (unpaired) electrons. The molecule has 2 heterocycles. The number of nitrogens with zero attached hydrogens (tertiary/aromatic N) is 3. The summed E-state index contributed by atoms with van der Waals surface area (Å²) in [5.74, 6) is -1.39. The number of aromatic nitrogens is 3. The molecule has 1 aliphatic carbocycles. The number of imidazole rings is 1. The molecule has 1 fully saturated rings. The number of halogens is 6. The van der Waals surface area contributed by atoms with E-state index in [-0.39, 0.29) is 11.9 Å². The Morgan fingerprint density at radius 2 is 1.79 bits per heavy atom. The number of alkyl halides is 6. The van der Waals surface area contributed by atoms with Crippen molar-refractivity contribution >= 4 is 23.0 Å². The van der Waals surface area contributed by atoms with Gasteiger partial charge < -0.3 is 5.11 Å². The van der Waals surface area contributed by atoms with Crippen LogP contribution < -0.4 is 5.32 Å². The monoisotopic (exact) mass is 424 g/mol. The SMILES string of the molecule is CC(C)(n1c(NC(=O)CC2(O)CCC2)nc2ccc(C(F)(F)F)nc21)C(F)(F)F. The first kappa shape index (κ1) is 21.3. The number of carbonyl (C=O) groups is 1. The van der Waals surface area contributed by atoms with Crippen molar-refractivity contribution in [1.82, 2.24) is 14.5 Å². The van der Waals surface area contributed by atoms with Gasteiger partial charge in [0.15, 0.2) is 5.65 Å². The van der Waals surface area contributed by atoms with E-state index in [0.717, 1.165) is 19.9 Å². The Labute approximate surface area is 160 Å². The van der Waals surface area contributed by atoms with Crippen LogP contribution in [0.4, 0.5) is 32.3 Å². The Morgan fingerprint density at radius 3 is 2.28 bits per heavy atom. The first-order valence-corrected chi connectivity index (χ1v) is 8.70. The largest absolute Gasteiger partial charge is 0.433 e. The van der Waals surface area contributed by atoms with Crippen molar-refractivity contribution in [2.75, 3.05) is 5.32 Å². The van der Waals surface area contributed by atoms with E-state index in [9.17, 15) is 36.2 Å². The molecular formula is C17H18F6N4O2. The Balaban J connectivity index is 2.10. The maximum atomic E-state index is 13.7. The van der Waals surface area contributed by atoms with Gasteiger partial charge in [-0.05, 0) is 45.2 Å². The van der Waals surface area contributed by atoms with Gasteiger partial charge in [0.2, 0.25) is 11.9 Å². The summed E-state index contributed by atoms with van der Waals surface area (Å²) < 4.78 is 80.5. The molecule has 0 atom stereocenters. The first-order valence-electron chi connectivity index (χ1n) is 8.70. The Bertz CT molecular complexity index is 944. The van der Waals surface area contributed by atoms with Crippen LogP contribution in [-0.2, 0) is 16.5 Å². The second-order valence-electron chi connectivity index (χ2n) is 7.67. The van der Waals surface area contributed by atoms with E-state index >= 15 is 0 Å². The summed E-state index contributed by atoms with van der Waals surface area (Å²) in [5.41, 5.74) is -6.25. The number of hydrogen-bond acceptors (Lipinski definition) is 4. The summed E-state index contributed by atoms with van der Waals surface area (Å²) in [5, 5.41) is 12.3. The maximum Gasteiger partial charge on any atom is 0.433 e. The van der Waals surface area contributed by atoms with Gasteiger partial charge in [-0.2, -0.15) is 26.3 Å². The standard InChI is InChI=1S/C17H18F6N4O2/c1-14(2,17(21,22)23)27-12-9(4-5-10(25-12)16(18,19)20)24-13(27)26-11(28)8-15(29)6-3-7-15/h4-5,29H,3,6-8H2,1-2H3,(H,24,26,28). The quantitative estimate of drug-likeness (QED) is 0.728. The molecule has 0 aliphatic heterocycles. The molecule has 3 rings (SSSR count). The molecule has 2 aromatic rings. The summed E-state index contributed by atoms with van der Waals surface area (Å²) in [6.07, 6.45) is -8.65. The average molecular weight is 424 g/mol. The minimum absolute atomic E-state index is 0.243. The number of rotatable bonds is 4. The molecule has 2 aromatic heterocycles. The zero-order chi connectivity index (χ0) is 21.8. The van der Waals surface area contributed by atoms with Crippen molar-refractivity contribution in [2.24, 2.45) is 0 Å². The lowest BCUT2D eigenvalue weighted by Crippen LogP contribution is -2.44. The van der Waals surface area contributed by atoms with E-state index in [1.165, 1.54) is 0 Å². The van der Waals surface area contributed by atoms with Crippen molar-refractivity contribution < 1.29 is 36.2 Å². The molecule has 6 nitrogen and oxygen atoms in total. The fraction of sp³-hybridized carbons (Fsp3) is 0.588. The molecule has 12 heteroatoms. The third-order valence-electron chi connectivity index (χ3n) is 5.07. The fourth-order valence-electron chi connectivity index (χ4n) is 3.08. The third-order valence-corrected chi connectivity index (χ3v) is 5.07. The number of hydrogen-bond donors (Lipinski definition) is 2. The van der Waals surface area contributed by atoms with Gasteiger partial charge in [-0.1, -0.05) is 0 Å². The highest BCUT2D eigenvalue weighted by Crippen LogP contribution is 2.41. The number of anilines is 1. The maximum absolute atomic E-state index is 13.7. The first-order chi connectivity index (χ1) is 13.1. The topological polar surface area (TPSA) is 80.0 Å². The number of fused-ring (bicyclic) bond motifs is 1. The van der Waals surface area contributed by atoms with Gasteiger partial charge in [0, 0.05) is 0 Å². The normalized spacial score (nSPS) is 17.3. The lowest BCUT2D eigenvalue weighted by atomic mass is 9.78. The molecule has 160 valence electrons. The molecule has 29 heavy (non-hydrogen) atoms. The van der Waals surface area contributed by atoms with Gasteiger partial charge in [-0.25, -0.2) is 9.97 Å². The summed E-state index contributed by atoms with van der Waals surface area (Å²) in [6.45, 7) is 1.48. The molecule has 0 saturated heterocycles. The molecule has 2 N–H and O–H groups in total. The highest BCUT2D eigenvalue weighted by atomic mass is 19.4. The lowest BCUT2D eigenvalue weighted by molar-refractivity contribution is -0.201. The van der Waals surface area contributed by atoms with E-state index < -0.39 is 46.7 Å². The zero-order valence-electron chi connectivity index (χ0n) is 15.4. The van der Waals surface area contributed by atoms with Gasteiger partial charge in [0.25, 0.3) is 0 Å². The molecule has 1 saturated carbocycles. The Kier molecular flexibility index (Phi) is 4.84. The van der Waals surface area contributed by atoms with Crippen molar-refractivity contribution in [2.45, 2.75) is 63.0 Å². The molecule has 1 aliphatic rings. The molecular weight excluding hydrogens is 406 g/mol. The highest BCUT2D eigenvalue weighted by molar-refractivity contribution is 5.92. The predicted molar refractivity (Wildman–Crippen MR) is 90.0 cm³/mol.